The molecule has 3 aromatic carbocycles. The summed E-state index contributed by atoms with van der Waals surface area (Å²) in [5.41, 5.74) is 7.67. The first-order chi connectivity index (χ1) is 17.7. The molecule has 1 aliphatic rings. The quantitative estimate of drug-likeness (QED) is 0.509. The molecule has 0 aromatic heterocycles. The van der Waals surface area contributed by atoms with Crippen LogP contribution in [0.25, 0.3) is 0 Å². The van der Waals surface area contributed by atoms with Crippen molar-refractivity contribution in [3.63, 3.8) is 0 Å². The summed E-state index contributed by atoms with van der Waals surface area (Å²) in [5, 5.41) is 0. The first-order valence-electron chi connectivity index (χ1n) is 12.7. The predicted octanol–water partition coefficient (Wildman–Crippen LogP) is 4.79. The highest BCUT2D eigenvalue weighted by molar-refractivity contribution is 5.99. The third-order valence-electron chi connectivity index (χ3n) is 7.61. The van der Waals surface area contributed by atoms with Gasteiger partial charge in [0, 0.05) is 43.2 Å². The van der Waals surface area contributed by atoms with Gasteiger partial charge in [0.05, 0.1) is 5.54 Å². The molecule has 6 heteroatoms. The lowest BCUT2D eigenvalue weighted by atomic mass is 9.68. The van der Waals surface area contributed by atoms with Gasteiger partial charge in [0.2, 0.25) is 11.8 Å². The molecule has 2 amide bonds. The van der Waals surface area contributed by atoms with Crippen LogP contribution in [0.5, 0.6) is 0 Å². The molecule has 192 valence electrons. The van der Waals surface area contributed by atoms with E-state index in [-0.39, 0.29) is 17.6 Å². The highest BCUT2D eigenvalue weighted by Gasteiger charge is 2.45. The van der Waals surface area contributed by atoms with Crippen molar-refractivity contribution in [3.05, 3.63) is 96.6 Å². The summed E-state index contributed by atoms with van der Waals surface area (Å²) in [5.74, 6) is -1.79. The molecule has 0 heterocycles. The first kappa shape index (κ1) is 26.3. The summed E-state index contributed by atoms with van der Waals surface area (Å²) in [6, 6.07) is 28.1. The number of ketones is 1. The van der Waals surface area contributed by atoms with Gasteiger partial charge in [0.1, 0.15) is 0 Å². The molecule has 37 heavy (non-hydrogen) atoms. The molecular formula is C31H35N3O3. The van der Waals surface area contributed by atoms with E-state index in [4.69, 9.17) is 5.73 Å². The molecule has 0 aliphatic heterocycles. The summed E-state index contributed by atoms with van der Waals surface area (Å²) >= 11 is 0. The number of rotatable bonds is 7. The van der Waals surface area contributed by atoms with Crippen LogP contribution in [0.1, 0.15) is 31.7 Å². The van der Waals surface area contributed by atoms with Crippen LogP contribution < -0.4 is 15.5 Å². The van der Waals surface area contributed by atoms with E-state index in [2.05, 4.69) is 0 Å². The average Bonchev–Trinajstić information content (AvgIpc) is 2.96. The fourth-order valence-electron chi connectivity index (χ4n) is 5.39. The van der Waals surface area contributed by atoms with E-state index in [0.717, 1.165) is 16.9 Å². The second-order valence-electron chi connectivity index (χ2n) is 10.2. The summed E-state index contributed by atoms with van der Waals surface area (Å²) < 4.78 is 0. The largest absolute Gasteiger partial charge is 0.315 e. The van der Waals surface area contributed by atoms with Gasteiger partial charge >= 0.3 is 0 Å². The SMILES string of the molecule is CN(C(=O)C1CC(C(=O)N(C)c2ccccc2)CC(C(=O)C(C)(N)c2ccccc2)C1)c1ccccc1. The standard InChI is InChI=1S/C31H35N3O3/c1-31(32,25-13-7-4-8-14-25)28(35)22-19-23(29(36)33(2)26-15-9-5-10-16-26)21-24(20-22)30(37)34(3)27-17-11-6-12-18-27/h4-18,22-24H,19-21,32H2,1-3H3. The lowest BCUT2D eigenvalue weighted by Gasteiger charge is -2.38. The second-order valence-corrected chi connectivity index (χ2v) is 10.2. The Balaban J connectivity index is 1.63. The van der Waals surface area contributed by atoms with Crippen molar-refractivity contribution in [3.8, 4) is 0 Å². The van der Waals surface area contributed by atoms with Crippen LogP contribution in [-0.4, -0.2) is 31.7 Å². The van der Waals surface area contributed by atoms with Gasteiger partial charge in [-0.05, 0) is 56.0 Å². The van der Waals surface area contributed by atoms with Crippen molar-refractivity contribution < 1.29 is 14.4 Å². The number of benzene rings is 3. The molecule has 3 unspecified atom stereocenters. The summed E-state index contributed by atoms with van der Waals surface area (Å²) in [7, 11) is 3.49. The molecule has 3 atom stereocenters. The smallest absolute Gasteiger partial charge is 0.229 e. The lowest BCUT2D eigenvalue weighted by Crippen LogP contribution is -2.50. The zero-order chi connectivity index (χ0) is 26.6. The summed E-state index contributed by atoms with van der Waals surface area (Å²) in [4.78, 5) is 44.4. The van der Waals surface area contributed by atoms with Crippen LogP contribution in [0.4, 0.5) is 11.4 Å². The van der Waals surface area contributed by atoms with Gasteiger partial charge in [-0.15, -0.1) is 0 Å². The van der Waals surface area contributed by atoms with E-state index in [9.17, 15) is 14.4 Å². The highest BCUT2D eigenvalue weighted by atomic mass is 16.2. The molecule has 3 aromatic rings. The Morgan fingerprint density at radius 2 is 1.00 bits per heavy atom. The number of carbonyl (C=O) groups is 3. The Hall–Kier alpha value is -3.77. The second kappa shape index (κ2) is 11.1. The third kappa shape index (κ3) is 5.65. The normalized spacial score (nSPS) is 20.9. The Labute approximate surface area is 219 Å². The number of amides is 2. The maximum atomic E-state index is 13.9. The Morgan fingerprint density at radius 1 is 0.649 bits per heavy atom. The van der Waals surface area contributed by atoms with Crippen LogP contribution in [0.15, 0.2) is 91.0 Å². The fourth-order valence-corrected chi connectivity index (χ4v) is 5.39. The van der Waals surface area contributed by atoms with Crippen molar-refractivity contribution >= 4 is 29.0 Å². The van der Waals surface area contributed by atoms with Gasteiger partial charge < -0.3 is 15.5 Å². The molecule has 1 aliphatic carbocycles. The Kier molecular flexibility index (Phi) is 7.89. The molecule has 0 radical (unpaired) electrons. The topological polar surface area (TPSA) is 83.7 Å². The van der Waals surface area contributed by atoms with Crippen LogP contribution in [0.3, 0.4) is 0 Å². The molecular weight excluding hydrogens is 462 g/mol. The van der Waals surface area contributed by atoms with Crippen molar-refractivity contribution in [1.29, 1.82) is 0 Å². The minimum atomic E-state index is -1.22. The molecule has 4 rings (SSSR count). The fraction of sp³-hybridized carbons (Fsp3) is 0.323. The number of Topliss-reactive ketones (excluding diaryl/α,β-unsaturated/α-hetero) is 1. The van der Waals surface area contributed by atoms with Gasteiger partial charge in [-0.25, -0.2) is 0 Å². The van der Waals surface area contributed by atoms with Gasteiger partial charge in [-0.3, -0.25) is 14.4 Å². The molecule has 0 spiro atoms. The van der Waals surface area contributed by atoms with Crippen molar-refractivity contribution in [1.82, 2.24) is 0 Å². The van der Waals surface area contributed by atoms with E-state index in [1.165, 1.54) is 0 Å². The third-order valence-corrected chi connectivity index (χ3v) is 7.61. The highest BCUT2D eigenvalue weighted by Crippen LogP contribution is 2.39. The van der Waals surface area contributed by atoms with Crippen LogP contribution in [0, 0.1) is 17.8 Å². The number of hydrogen-bond donors (Lipinski definition) is 1. The Morgan fingerprint density at radius 3 is 1.41 bits per heavy atom. The number of anilines is 2. The monoisotopic (exact) mass is 497 g/mol. The molecule has 6 nitrogen and oxygen atoms in total. The van der Waals surface area contributed by atoms with Gasteiger partial charge in [0.25, 0.3) is 0 Å². The van der Waals surface area contributed by atoms with Crippen LogP contribution in [-0.2, 0) is 19.9 Å². The predicted molar refractivity (Wildman–Crippen MR) is 147 cm³/mol. The maximum Gasteiger partial charge on any atom is 0.229 e. The van der Waals surface area contributed by atoms with E-state index in [1.54, 1.807) is 30.8 Å². The zero-order valence-corrected chi connectivity index (χ0v) is 21.7. The van der Waals surface area contributed by atoms with Crippen LogP contribution in [0.2, 0.25) is 0 Å². The van der Waals surface area contributed by atoms with E-state index >= 15 is 0 Å². The van der Waals surface area contributed by atoms with Crippen LogP contribution >= 0.6 is 0 Å². The van der Waals surface area contributed by atoms with E-state index in [1.807, 2.05) is 91.0 Å². The molecule has 2 N–H and O–H groups in total. The summed E-state index contributed by atoms with van der Waals surface area (Å²) in [6.07, 6.45) is 1.13. The maximum absolute atomic E-state index is 13.9. The minimum Gasteiger partial charge on any atom is -0.315 e. The van der Waals surface area contributed by atoms with Crippen molar-refractivity contribution in [2.24, 2.45) is 23.5 Å². The average molecular weight is 498 g/mol. The van der Waals surface area contributed by atoms with Gasteiger partial charge in [-0.2, -0.15) is 0 Å². The van der Waals surface area contributed by atoms with E-state index in [0.29, 0.717) is 19.3 Å². The molecule has 0 saturated heterocycles. The van der Waals surface area contributed by atoms with Gasteiger partial charge in [-0.1, -0.05) is 66.7 Å². The lowest BCUT2D eigenvalue weighted by molar-refractivity contribution is -0.134. The number of nitrogens with zero attached hydrogens (tertiary/aromatic N) is 2. The van der Waals surface area contributed by atoms with Gasteiger partial charge in [0.15, 0.2) is 5.78 Å². The van der Waals surface area contributed by atoms with Crippen molar-refractivity contribution in [2.75, 3.05) is 23.9 Å². The first-order valence-corrected chi connectivity index (χ1v) is 12.7. The number of para-hydroxylation sites is 2. The van der Waals surface area contributed by atoms with E-state index < -0.39 is 23.3 Å². The molecule has 1 saturated carbocycles. The Bertz CT molecular complexity index is 1160. The minimum absolute atomic E-state index is 0.0951. The molecule has 1 fully saturated rings. The number of carbonyl (C=O) groups excluding carboxylic acids is 3. The zero-order valence-electron chi connectivity index (χ0n) is 21.7. The summed E-state index contributed by atoms with van der Waals surface area (Å²) in [6.45, 7) is 1.72. The number of hydrogen-bond acceptors (Lipinski definition) is 4. The number of nitrogens with two attached hydrogens (primary N) is 1. The molecule has 0 bridgehead atoms. The van der Waals surface area contributed by atoms with Crippen molar-refractivity contribution in [2.45, 2.75) is 31.7 Å².